The molecule has 0 unspecified atom stereocenters. The third-order valence-corrected chi connectivity index (χ3v) is 3.16. The first-order valence-electron chi connectivity index (χ1n) is 6.53. The molecule has 1 aliphatic rings. The summed E-state index contributed by atoms with van der Waals surface area (Å²) in [5, 5.41) is 2.97. The number of amides is 2. The molecule has 1 rings (SSSR count). The van der Waals surface area contributed by atoms with E-state index < -0.39 is 0 Å². The molecule has 0 aromatic carbocycles. The number of urea groups is 1. The van der Waals surface area contributed by atoms with E-state index in [9.17, 15) is 4.79 Å². The lowest BCUT2D eigenvalue weighted by Gasteiger charge is -2.22. The quantitative estimate of drug-likeness (QED) is 0.770. The maximum atomic E-state index is 11.9. The molecule has 100 valence electrons. The summed E-state index contributed by atoms with van der Waals surface area (Å²) < 4.78 is 0. The number of likely N-dealkylation sites (N-methyl/N-ethyl adjacent to an activating group) is 2. The molecule has 0 aliphatic carbocycles. The van der Waals surface area contributed by atoms with Crippen molar-refractivity contribution in [3.8, 4) is 0 Å². The van der Waals surface area contributed by atoms with Gasteiger partial charge in [-0.2, -0.15) is 0 Å². The van der Waals surface area contributed by atoms with E-state index >= 15 is 0 Å². The molecule has 0 atom stereocenters. The Morgan fingerprint density at radius 3 is 2.65 bits per heavy atom. The SMILES string of the molecule is CCN1CCCN(C(=O)NCCN(C)C)CC1. The first-order chi connectivity index (χ1) is 8.13. The summed E-state index contributed by atoms with van der Waals surface area (Å²) >= 11 is 0. The van der Waals surface area contributed by atoms with Crippen LogP contribution in [0, 0.1) is 0 Å². The van der Waals surface area contributed by atoms with Crippen LogP contribution >= 0.6 is 0 Å². The molecule has 1 heterocycles. The lowest BCUT2D eigenvalue weighted by atomic mass is 10.4. The van der Waals surface area contributed by atoms with Crippen LogP contribution in [0.3, 0.4) is 0 Å². The summed E-state index contributed by atoms with van der Waals surface area (Å²) in [6.45, 7) is 8.70. The van der Waals surface area contributed by atoms with Crippen LogP contribution in [0.15, 0.2) is 0 Å². The number of nitrogens with one attached hydrogen (secondary N) is 1. The second kappa shape index (κ2) is 7.50. The van der Waals surface area contributed by atoms with Crippen LogP contribution in [-0.2, 0) is 0 Å². The first-order valence-corrected chi connectivity index (χ1v) is 6.53. The zero-order valence-corrected chi connectivity index (χ0v) is 11.4. The van der Waals surface area contributed by atoms with E-state index in [2.05, 4.69) is 22.0 Å². The molecule has 1 N–H and O–H groups in total. The fourth-order valence-electron chi connectivity index (χ4n) is 1.99. The minimum atomic E-state index is 0.0878. The molecule has 17 heavy (non-hydrogen) atoms. The normalized spacial score (nSPS) is 18.2. The smallest absolute Gasteiger partial charge is 0.317 e. The monoisotopic (exact) mass is 242 g/mol. The number of hydrogen-bond acceptors (Lipinski definition) is 3. The maximum absolute atomic E-state index is 11.9. The number of nitrogens with zero attached hydrogens (tertiary/aromatic N) is 3. The van der Waals surface area contributed by atoms with Gasteiger partial charge in [0.15, 0.2) is 0 Å². The van der Waals surface area contributed by atoms with Gasteiger partial charge < -0.3 is 20.0 Å². The van der Waals surface area contributed by atoms with Crippen LogP contribution in [0.1, 0.15) is 13.3 Å². The maximum Gasteiger partial charge on any atom is 0.317 e. The van der Waals surface area contributed by atoms with E-state index in [4.69, 9.17) is 0 Å². The molecule has 0 radical (unpaired) electrons. The number of hydrogen-bond donors (Lipinski definition) is 1. The van der Waals surface area contributed by atoms with Gasteiger partial charge in [0.2, 0.25) is 0 Å². The Morgan fingerprint density at radius 1 is 1.24 bits per heavy atom. The topological polar surface area (TPSA) is 38.8 Å². The Balaban J connectivity index is 2.26. The second-order valence-electron chi connectivity index (χ2n) is 4.81. The van der Waals surface area contributed by atoms with Crippen molar-refractivity contribution in [2.75, 3.05) is 59.9 Å². The van der Waals surface area contributed by atoms with Gasteiger partial charge in [-0.15, -0.1) is 0 Å². The van der Waals surface area contributed by atoms with Gasteiger partial charge in [-0.05, 0) is 33.6 Å². The summed E-state index contributed by atoms with van der Waals surface area (Å²) in [7, 11) is 4.02. The molecule has 0 bridgehead atoms. The summed E-state index contributed by atoms with van der Waals surface area (Å²) in [6.07, 6.45) is 1.08. The van der Waals surface area contributed by atoms with E-state index in [0.29, 0.717) is 0 Å². The van der Waals surface area contributed by atoms with E-state index in [1.165, 1.54) is 0 Å². The van der Waals surface area contributed by atoms with E-state index in [-0.39, 0.29) is 6.03 Å². The van der Waals surface area contributed by atoms with Crippen molar-refractivity contribution in [1.29, 1.82) is 0 Å². The van der Waals surface area contributed by atoms with Gasteiger partial charge in [-0.3, -0.25) is 0 Å². The fourth-order valence-corrected chi connectivity index (χ4v) is 1.99. The van der Waals surface area contributed by atoms with Crippen LogP contribution in [0.25, 0.3) is 0 Å². The zero-order chi connectivity index (χ0) is 12.7. The number of rotatable bonds is 4. The van der Waals surface area contributed by atoms with Crippen LogP contribution in [0.4, 0.5) is 4.79 Å². The van der Waals surface area contributed by atoms with Gasteiger partial charge in [0.1, 0.15) is 0 Å². The predicted octanol–water partition coefficient (Wildman–Crippen LogP) is 0.285. The highest BCUT2D eigenvalue weighted by Crippen LogP contribution is 2.02. The first kappa shape index (κ1) is 14.3. The summed E-state index contributed by atoms with van der Waals surface area (Å²) in [4.78, 5) is 18.3. The largest absolute Gasteiger partial charge is 0.337 e. The van der Waals surface area contributed by atoms with Crippen molar-refractivity contribution in [2.45, 2.75) is 13.3 Å². The Bertz CT molecular complexity index is 233. The molecular formula is C12H26N4O. The molecule has 1 fully saturated rings. The lowest BCUT2D eigenvalue weighted by Crippen LogP contribution is -2.43. The van der Waals surface area contributed by atoms with Gasteiger partial charge in [0.25, 0.3) is 0 Å². The summed E-state index contributed by atoms with van der Waals surface area (Å²) in [6, 6.07) is 0.0878. The highest BCUT2D eigenvalue weighted by Gasteiger charge is 2.17. The summed E-state index contributed by atoms with van der Waals surface area (Å²) in [5.41, 5.74) is 0. The Kier molecular flexibility index (Phi) is 6.29. The minimum Gasteiger partial charge on any atom is -0.337 e. The van der Waals surface area contributed by atoms with E-state index in [1.54, 1.807) is 0 Å². The third kappa shape index (κ3) is 5.37. The van der Waals surface area contributed by atoms with E-state index in [0.717, 1.165) is 52.2 Å². The highest BCUT2D eigenvalue weighted by atomic mass is 16.2. The average molecular weight is 242 g/mol. The van der Waals surface area contributed by atoms with Gasteiger partial charge in [-0.25, -0.2) is 4.79 Å². The zero-order valence-electron chi connectivity index (χ0n) is 11.4. The standard InChI is InChI=1S/C12H26N4O/c1-4-15-7-5-8-16(11-10-15)12(17)13-6-9-14(2)3/h4-11H2,1-3H3,(H,13,17). The number of carbonyl (C=O) groups is 1. The molecule has 1 aliphatic heterocycles. The van der Waals surface area contributed by atoms with Crippen molar-refractivity contribution >= 4 is 6.03 Å². The summed E-state index contributed by atoms with van der Waals surface area (Å²) in [5.74, 6) is 0. The Hall–Kier alpha value is -0.810. The van der Waals surface area contributed by atoms with Crippen molar-refractivity contribution in [2.24, 2.45) is 0 Å². The fraction of sp³-hybridized carbons (Fsp3) is 0.917. The van der Waals surface area contributed by atoms with Crippen molar-refractivity contribution < 1.29 is 4.79 Å². The highest BCUT2D eigenvalue weighted by molar-refractivity contribution is 5.74. The lowest BCUT2D eigenvalue weighted by molar-refractivity contribution is 0.197. The molecule has 0 aromatic rings. The van der Waals surface area contributed by atoms with E-state index in [1.807, 2.05) is 19.0 Å². The van der Waals surface area contributed by atoms with Gasteiger partial charge in [0, 0.05) is 32.7 Å². The Morgan fingerprint density at radius 2 is 2.00 bits per heavy atom. The molecule has 2 amide bonds. The minimum absolute atomic E-state index is 0.0878. The molecule has 1 saturated heterocycles. The molecular weight excluding hydrogens is 216 g/mol. The van der Waals surface area contributed by atoms with Crippen LogP contribution in [0.5, 0.6) is 0 Å². The van der Waals surface area contributed by atoms with Crippen LogP contribution in [-0.4, -0.2) is 80.6 Å². The average Bonchev–Trinajstić information content (AvgIpc) is 2.53. The molecule has 0 aromatic heterocycles. The molecule has 5 nitrogen and oxygen atoms in total. The van der Waals surface area contributed by atoms with Crippen molar-refractivity contribution in [1.82, 2.24) is 20.0 Å². The van der Waals surface area contributed by atoms with Gasteiger partial charge in [-0.1, -0.05) is 6.92 Å². The van der Waals surface area contributed by atoms with Crippen molar-refractivity contribution in [3.63, 3.8) is 0 Å². The predicted molar refractivity (Wildman–Crippen MR) is 70.3 cm³/mol. The Labute approximate surface area is 105 Å². The molecule has 0 saturated carbocycles. The van der Waals surface area contributed by atoms with Crippen LogP contribution in [0.2, 0.25) is 0 Å². The van der Waals surface area contributed by atoms with Crippen molar-refractivity contribution in [3.05, 3.63) is 0 Å². The molecule has 0 spiro atoms. The molecule has 5 heteroatoms. The third-order valence-electron chi connectivity index (χ3n) is 3.16. The second-order valence-corrected chi connectivity index (χ2v) is 4.81. The number of carbonyl (C=O) groups excluding carboxylic acids is 1. The van der Waals surface area contributed by atoms with Gasteiger partial charge >= 0.3 is 6.03 Å². The van der Waals surface area contributed by atoms with Gasteiger partial charge in [0.05, 0.1) is 0 Å². The van der Waals surface area contributed by atoms with Crippen LogP contribution < -0.4 is 5.32 Å².